The summed E-state index contributed by atoms with van der Waals surface area (Å²) < 4.78 is 0. The van der Waals surface area contributed by atoms with Crippen molar-refractivity contribution in [1.29, 1.82) is 0 Å². The van der Waals surface area contributed by atoms with E-state index in [9.17, 15) is 0 Å². The lowest BCUT2D eigenvalue weighted by Gasteiger charge is -2.18. The van der Waals surface area contributed by atoms with Crippen molar-refractivity contribution in [2.75, 3.05) is 0 Å². The van der Waals surface area contributed by atoms with Gasteiger partial charge in [-0.2, -0.15) is 0 Å². The molecule has 14 heavy (non-hydrogen) atoms. The third kappa shape index (κ3) is 1.63. The molecule has 0 bridgehead atoms. The number of hydrogen-bond donors (Lipinski definition) is 0. The van der Waals surface area contributed by atoms with Crippen LogP contribution in [-0.2, 0) is 5.41 Å². The van der Waals surface area contributed by atoms with E-state index >= 15 is 0 Å². The van der Waals surface area contributed by atoms with Gasteiger partial charge < -0.3 is 0 Å². The zero-order valence-corrected chi connectivity index (χ0v) is 8.83. The average Bonchev–Trinajstić information content (AvgIpc) is 2.16. The van der Waals surface area contributed by atoms with Gasteiger partial charge in [-0.3, -0.25) is 0 Å². The van der Waals surface area contributed by atoms with E-state index in [4.69, 9.17) is 0 Å². The van der Waals surface area contributed by atoms with Crippen LogP contribution in [0.25, 0.3) is 10.9 Å². The molecule has 0 unspecified atom stereocenters. The molecule has 0 N–H and O–H groups in total. The topological polar surface area (TPSA) is 12.9 Å². The summed E-state index contributed by atoms with van der Waals surface area (Å²) in [6.45, 7) is 6.53. The van der Waals surface area contributed by atoms with Gasteiger partial charge in [0.25, 0.3) is 0 Å². The summed E-state index contributed by atoms with van der Waals surface area (Å²) in [6.07, 6.45) is 3.10. The smallest absolute Gasteiger partial charge is 0.0934 e. The van der Waals surface area contributed by atoms with Crippen molar-refractivity contribution >= 4 is 10.9 Å². The van der Waals surface area contributed by atoms with Crippen molar-refractivity contribution in [3.8, 4) is 0 Å². The highest BCUT2D eigenvalue weighted by atomic mass is 14.7. The molecule has 1 heterocycles. The first kappa shape index (κ1) is 9.20. The van der Waals surface area contributed by atoms with E-state index in [1.165, 1.54) is 5.39 Å². The monoisotopic (exact) mass is 184 g/mol. The highest BCUT2D eigenvalue weighted by molar-refractivity contribution is 5.78. The third-order valence-corrected chi connectivity index (χ3v) is 2.34. The van der Waals surface area contributed by atoms with Crippen LogP contribution in [0.2, 0.25) is 0 Å². The number of para-hydroxylation sites is 1. The van der Waals surface area contributed by atoms with Crippen molar-refractivity contribution in [2.24, 2.45) is 0 Å². The highest BCUT2D eigenvalue weighted by Crippen LogP contribution is 2.23. The number of benzene rings is 1. The van der Waals surface area contributed by atoms with E-state index in [1.807, 2.05) is 18.2 Å². The molecule has 0 aliphatic heterocycles. The van der Waals surface area contributed by atoms with Crippen LogP contribution in [0, 0.1) is 6.20 Å². The van der Waals surface area contributed by atoms with Crippen molar-refractivity contribution in [3.05, 3.63) is 42.1 Å². The molecule has 0 fully saturated rings. The predicted molar refractivity (Wildman–Crippen MR) is 59.3 cm³/mol. The Bertz CT molecular complexity index is 452. The van der Waals surface area contributed by atoms with Crippen LogP contribution in [0.1, 0.15) is 26.3 Å². The second kappa shape index (κ2) is 3.09. The lowest BCUT2D eigenvalue weighted by Crippen LogP contribution is -2.11. The minimum Gasteiger partial charge on any atom is -0.246 e. The Kier molecular flexibility index (Phi) is 2.03. The Morgan fingerprint density at radius 1 is 1.14 bits per heavy atom. The van der Waals surface area contributed by atoms with Crippen LogP contribution < -0.4 is 0 Å². The summed E-state index contributed by atoms with van der Waals surface area (Å²) in [5, 5.41) is 1.19. The first-order valence-corrected chi connectivity index (χ1v) is 4.85. The summed E-state index contributed by atoms with van der Waals surface area (Å²) in [5.41, 5.74) is 2.30. The number of rotatable bonds is 0. The number of aromatic nitrogens is 1. The van der Waals surface area contributed by atoms with E-state index in [0.717, 1.165) is 11.1 Å². The Hall–Kier alpha value is -1.37. The normalized spacial score (nSPS) is 11.9. The van der Waals surface area contributed by atoms with Crippen LogP contribution in [0.4, 0.5) is 0 Å². The number of pyridine rings is 1. The van der Waals surface area contributed by atoms with Crippen LogP contribution in [0.3, 0.4) is 0 Å². The lowest BCUT2D eigenvalue weighted by atomic mass is 9.88. The molecule has 0 spiro atoms. The second-order valence-corrected chi connectivity index (χ2v) is 4.59. The largest absolute Gasteiger partial charge is 0.246 e. The molecule has 0 atom stereocenters. The van der Waals surface area contributed by atoms with E-state index in [1.54, 1.807) is 0 Å². The molecule has 0 aliphatic carbocycles. The van der Waals surface area contributed by atoms with Crippen molar-refractivity contribution in [2.45, 2.75) is 26.2 Å². The van der Waals surface area contributed by atoms with Gasteiger partial charge in [-0.1, -0.05) is 39.0 Å². The Morgan fingerprint density at radius 3 is 2.57 bits per heavy atom. The molecule has 1 nitrogen and oxygen atoms in total. The standard InChI is InChI=1S/C13H14N/c1-13(2,3)11-8-10-6-4-5-7-12(10)14-9-11/h4-8H,1-3H3. The molecule has 0 saturated carbocycles. The van der Waals surface area contributed by atoms with E-state index in [-0.39, 0.29) is 5.41 Å². The number of hydrogen-bond acceptors (Lipinski definition) is 1. The quantitative estimate of drug-likeness (QED) is 0.612. The fraction of sp³-hybridized carbons (Fsp3) is 0.308. The van der Waals surface area contributed by atoms with Crippen LogP contribution in [-0.4, -0.2) is 4.98 Å². The lowest BCUT2D eigenvalue weighted by molar-refractivity contribution is 0.587. The maximum absolute atomic E-state index is 4.32. The second-order valence-electron chi connectivity index (χ2n) is 4.59. The maximum atomic E-state index is 4.32. The molecule has 0 amide bonds. The van der Waals surface area contributed by atoms with E-state index in [2.05, 4.69) is 44.1 Å². The number of fused-ring (bicyclic) bond motifs is 1. The molecule has 0 saturated heterocycles. The van der Waals surface area contributed by atoms with Gasteiger partial charge in [0.2, 0.25) is 0 Å². The Morgan fingerprint density at radius 2 is 1.86 bits per heavy atom. The van der Waals surface area contributed by atoms with Crippen molar-refractivity contribution in [3.63, 3.8) is 0 Å². The first-order chi connectivity index (χ1) is 6.57. The van der Waals surface area contributed by atoms with Gasteiger partial charge in [-0.15, -0.1) is 0 Å². The fourth-order valence-electron chi connectivity index (χ4n) is 1.40. The van der Waals surface area contributed by atoms with Crippen LogP contribution in [0.5, 0.6) is 0 Å². The summed E-state index contributed by atoms with van der Waals surface area (Å²) >= 11 is 0. The maximum Gasteiger partial charge on any atom is 0.0934 e. The van der Waals surface area contributed by atoms with Gasteiger partial charge in [-0.25, -0.2) is 4.98 Å². The van der Waals surface area contributed by atoms with Gasteiger partial charge in [-0.05, 0) is 23.1 Å². The minimum absolute atomic E-state index is 0.122. The molecule has 71 valence electrons. The molecule has 1 heteroatoms. The number of nitrogens with zero attached hydrogens (tertiary/aromatic N) is 1. The van der Waals surface area contributed by atoms with E-state index < -0.39 is 0 Å². The highest BCUT2D eigenvalue weighted by Gasteiger charge is 2.14. The molecule has 2 rings (SSSR count). The van der Waals surface area contributed by atoms with Crippen molar-refractivity contribution < 1.29 is 0 Å². The Labute approximate surface area is 84.8 Å². The minimum atomic E-state index is 0.122. The molecular weight excluding hydrogens is 170 g/mol. The van der Waals surface area contributed by atoms with E-state index in [0.29, 0.717) is 0 Å². The molecule has 1 aromatic heterocycles. The van der Waals surface area contributed by atoms with Gasteiger partial charge in [0.15, 0.2) is 0 Å². The predicted octanol–water partition coefficient (Wildman–Crippen LogP) is 3.33. The summed E-state index contributed by atoms with van der Waals surface area (Å²) in [6, 6.07) is 10.3. The van der Waals surface area contributed by atoms with Gasteiger partial charge >= 0.3 is 0 Å². The zero-order chi connectivity index (χ0) is 10.2. The van der Waals surface area contributed by atoms with Crippen molar-refractivity contribution in [1.82, 2.24) is 4.98 Å². The molecule has 2 aromatic rings. The van der Waals surface area contributed by atoms with Gasteiger partial charge in [0.05, 0.1) is 11.7 Å². The molecule has 1 radical (unpaired) electrons. The van der Waals surface area contributed by atoms with Gasteiger partial charge in [0.1, 0.15) is 0 Å². The average molecular weight is 184 g/mol. The third-order valence-electron chi connectivity index (χ3n) is 2.34. The molecule has 0 aliphatic rings. The summed E-state index contributed by atoms with van der Waals surface area (Å²) in [5.74, 6) is 0. The fourth-order valence-corrected chi connectivity index (χ4v) is 1.40. The van der Waals surface area contributed by atoms with Crippen LogP contribution >= 0.6 is 0 Å². The van der Waals surface area contributed by atoms with Gasteiger partial charge in [0, 0.05) is 5.39 Å². The summed E-state index contributed by atoms with van der Waals surface area (Å²) in [7, 11) is 0. The Balaban J connectivity index is 2.63. The molecule has 1 aromatic carbocycles. The summed E-state index contributed by atoms with van der Waals surface area (Å²) in [4.78, 5) is 4.32. The zero-order valence-electron chi connectivity index (χ0n) is 8.83. The molecular formula is C13H14N. The van der Waals surface area contributed by atoms with Crippen LogP contribution in [0.15, 0.2) is 30.3 Å². The first-order valence-electron chi connectivity index (χ1n) is 4.85. The SMILES string of the molecule is CC(C)(C)c1[c]nc2ccccc2c1.